The molecule has 0 nitrogen and oxygen atoms in total. The van der Waals surface area contributed by atoms with Crippen LogP contribution in [-0.2, 0) is 0 Å². The van der Waals surface area contributed by atoms with Crippen LogP contribution in [0.1, 0.15) is 51.4 Å². The maximum absolute atomic E-state index is 2.46. The number of hydrogen-bond acceptors (Lipinski definition) is 0. The van der Waals surface area contributed by atoms with Crippen LogP contribution in [-0.4, -0.2) is 0 Å². The third kappa shape index (κ3) is 5.06. The molecule has 0 bridgehead atoms. The molecule has 0 aromatic heterocycles. The van der Waals surface area contributed by atoms with Crippen molar-refractivity contribution < 1.29 is 0 Å². The zero-order valence-corrected chi connectivity index (χ0v) is 7.39. The maximum Gasteiger partial charge on any atom is -0.0351 e. The second-order valence-electron chi connectivity index (χ2n) is 3.33. The highest BCUT2D eigenvalue weighted by atomic mass is 14.0. The Morgan fingerprint density at radius 3 is 1.55 bits per heavy atom. The third-order valence-electron chi connectivity index (χ3n) is 2.22. The fourth-order valence-corrected chi connectivity index (χ4v) is 1.48. The monoisotopic (exact) mass is 151 g/mol. The predicted octanol–water partition coefficient (Wildman–Crippen LogP) is 3.88. The van der Waals surface area contributed by atoms with Gasteiger partial charge in [-0.2, -0.15) is 0 Å². The van der Waals surface area contributed by atoms with E-state index < -0.39 is 0 Å². The summed E-state index contributed by atoms with van der Waals surface area (Å²) < 4.78 is 0. The van der Waals surface area contributed by atoms with Gasteiger partial charge in [0.2, 0.25) is 0 Å². The van der Waals surface area contributed by atoms with Gasteiger partial charge in [0.15, 0.2) is 0 Å². The summed E-state index contributed by atoms with van der Waals surface area (Å²) in [5, 5.41) is 0. The lowest BCUT2D eigenvalue weighted by Crippen LogP contribution is -1.79. The highest BCUT2D eigenvalue weighted by Crippen LogP contribution is 2.11. The zero-order valence-electron chi connectivity index (χ0n) is 7.39. The van der Waals surface area contributed by atoms with Gasteiger partial charge >= 0.3 is 0 Å². The summed E-state index contributed by atoms with van der Waals surface area (Å²) >= 11 is 0. The molecule has 0 aliphatic heterocycles. The van der Waals surface area contributed by atoms with Crippen molar-refractivity contribution in [2.75, 3.05) is 0 Å². The van der Waals surface area contributed by atoms with Crippen LogP contribution in [0.4, 0.5) is 0 Å². The van der Waals surface area contributed by atoms with E-state index in [1.807, 2.05) is 0 Å². The van der Waals surface area contributed by atoms with E-state index in [0.29, 0.717) is 0 Å². The van der Waals surface area contributed by atoms with Gasteiger partial charge in [0.1, 0.15) is 0 Å². The lowest BCUT2D eigenvalue weighted by Gasteiger charge is -1.97. The SMILES string of the molecule is [CH]1CCCCC=CCCCC1. The van der Waals surface area contributed by atoms with Crippen LogP contribution in [0, 0.1) is 6.42 Å². The van der Waals surface area contributed by atoms with E-state index in [1.165, 1.54) is 51.4 Å². The molecule has 0 N–H and O–H groups in total. The van der Waals surface area contributed by atoms with E-state index in [1.54, 1.807) is 0 Å². The molecule has 0 saturated carbocycles. The van der Waals surface area contributed by atoms with Crippen LogP contribution in [0.15, 0.2) is 12.2 Å². The molecule has 1 aliphatic carbocycles. The Balaban J connectivity index is 2.11. The van der Waals surface area contributed by atoms with Gasteiger partial charge in [0.25, 0.3) is 0 Å². The van der Waals surface area contributed by atoms with Crippen LogP contribution >= 0.6 is 0 Å². The van der Waals surface area contributed by atoms with Gasteiger partial charge in [-0.05, 0) is 32.1 Å². The lowest BCUT2D eigenvalue weighted by molar-refractivity contribution is 0.685. The van der Waals surface area contributed by atoms with Crippen molar-refractivity contribution >= 4 is 0 Å². The molecule has 1 aliphatic rings. The Hall–Kier alpha value is -0.260. The Labute approximate surface area is 70.7 Å². The summed E-state index contributed by atoms with van der Waals surface area (Å²) in [6.07, 6.45) is 18.0. The van der Waals surface area contributed by atoms with Crippen molar-refractivity contribution in [1.82, 2.24) is 0 Å². The quantitative estimate of drug-likeness (QED) is 0.461. The Bertz CT molecular complexity index is 90.6. The van der Waals surface area contributed by atoms with Gasteiger partial charge in [0.05, 0.1) is 0 Å². The van der Waals surface area contributed by atoms with Gasteiger partial charge in [-0.25, -0.2) is 0 Å². The highest BCUT2D eigenvalue weighted by molar-refractivity contribution is 4.82. The van der Waals surface area contributed by atoms with E-state index in [0.717, 1.165) is 0 Å². The molecule has 11 heavy (non-hydrogen) atoms. The van der Waals surface area contributed by atoms with E-state index >= 15 is 0 Å². The lowest BCUT2D eigenvalue weighted by atomic mass is 10.1. The number of rotatable bonds is 0. The average Bonchev–Trinajstić information content (AvgIpc) is 2.08. The second kappa shape index (κ2) is 6.45. The number of allylic oxidation sites excluding steroid dienone is 2. The third-order valence-corrected chi connectivity index (χ3v) is 2.22. The van der Waals surface area contributed by atoms with Crippen LogP contribution in [0.25, 0.3) is 0 Å². The molecule has 0 aromatic carbocycles. The minimum Gasteiger partial charge on any atom is -0.0885 e. The smallest absolute Gasteiger partial charge is 0.0351 e. The normalized spacial score (nSPS) is 22.5. The zero-order chi connectivity index (χ0) is 7.78. The molecule has 0 saturated heterocycles. The van der Waals surface area contributed by atoms with Crippen molar-refractivity contribution in [2.45, 2.75) is 51.4 Å². The first-order valence-electron chi connectivity index (χ1n) is 4.97. The minimum atomic E-state index is 1.30. The van der Waals surface area contributed by atoms with Gasteiger partial charge in [-0.15, -0.1) is 0 Å². The Morgan fingerprint density at radius 1 is 0.545 bits per heavy atom. The van der Waals surface area contributed by atoms with Crippen LogP contribution in [0.3, 0.4) is 0 Å². The second-order valence-corrected chi connectivity index (χ2v) is 3.33. The van der Waals surface area contributed by atoms with E-state index in [4.69, 9.17) is 0 Å². The van der Waals surface area contributed by atoms with Gasteiger partial charge in [-0.3, -0.25) is 0 Å². The summed E-state index contributed by atoms with van der Waals surface area (Å²) in [5.74, 6) is 0. The maximum atomic E-state index is 2.46. The highest BCUT2D eigenvalue weighted by Gasteiger charge is 1.92. The molecular formula is C11H19. The largest absolute Gasteiger partial charge is 0.0885 e. The Morgan fingerprint density at radius 2 is 1.00 bits per heavy atom. The van der Waals surface area contributed by atoms with Crippen molar-refractivity contribution in [2.24, 2.45) is 0 Å². The summed E-state index contributed by atoms with van der Waals surface area (Å²) in [6.45, 7) is 0. The molecule has 0 unspecified atom stereocenters. The standard InChI is InChI=1S/C11H19/c1-2-4-6-8-10-11-9-7-5-3-1/h1-2,11H,3-10H2. The molecule has 0 amide bonds. The molecule has 0 heterocycles. The first-order valence-corrected chi connectivity index (χ1v) is 4.97. The molecule has 0 atom stereocenters. The molecule has 0 heteroatoms. The average molecular weight is 151 g/mol. The first-order chi connectivity index (χ1) is 5.50. The molecule has 0 aromatic rings. The topological polar surface area (TPSA) is 0 Å². The van der Waals surface area contributed by atoms with Gasteiger partial charge in [-0.1, -0.05) is 37.8 Å². The van der Waals surface area contributed by atoms with E-state index in [9.17, 15) is 0 Å². The van der Waals surface area contributed by atoms with Crippen LogP contribution < -0.4 is 0 Å². The van der Waals surface area contributed by atoms with E-state index in [-0.39, 0.29) is 0 Å². The van der Waals surface area contributed by atoms with Crippen molar-refractivity contribution in [1.29, 1.82) is 0 Å². The van der Waals surface area contributed by atoms with Crippen LogP contribution in [0.2, 0.25) is 0 Å². The molecule has 1 radical (unpaired) electrons. The summed E-state index contributed by atoms with van der Waals surface area (Å²) in [5.41, 5.74) is 0. The first kappa shape index (κ1) is 8.83. The molecule has 63 valence electrons. The summed E-state index contributed by atoms with van der Waals surface area (Å²) in [4.78, 5) is 0. The fourth-order valence-electron chi connectivity index (χ4n) is 1.48. The summed E-state index contributed by atoms with van der Waals surface area (Å²) in [6, 6.07) is 0. The molecule has 0 spiro atoms. The van der Waals surface area contributed by atoms with Gasteiger partial charge < -0.3 is 0 Å². The minimum absolute atomic E-state index is 1.30. The van der Waals surface area contributed by atoms with E-state index in [2.05, 4.69) is 18.6 Å². The molecular weight excluding hydrogens is 132 g/mol. The molecule has 1 rings (SSSR count). The van der Waals surface area contributed by atoms with Crippen molar-refractivity contribution in [3.05, 3.63) is 18.6 Å². The predicted molar refractivity (Wildman–Crippen MR) is 50.4 cm³/mol. The Kier molecular flexibility index (Phi) is 5.18. The fraction of sp³-hybridized carbons (Fsp3) is 0.727. The van der Waals surface area contributed by atoms with Gasteiger partial charge in [0, 0.05) is 0 Å². The number of hydrogen-bond donors (Lipinski definition) is 0. The van der Waals surface area contributed by atoms with Crippen molar-refractivity contribution in [3.8, 4) is 0 Å². The van der Waals surface area contributed by atoms with Crippen LogP contribution in [0.5, 0.6) is 0 Å². The molecule has 0 fully saturated rings. The van der Waals surface area contributed by atoms with Crippen molar-refractivity contribution in [3.63, 3.8) is 0 Å². The summed E-state index contributed by atoms with van der Waals surface area (Å²) in [7, 11) is 0.